The van der Waals surface area contributed by atoms with E-state index in [-0.39, 0.29) is 0 Å². The largest absolute Gasteiger partial charge is 0.0654 e. The van der Waals surface area contributed by atoms with Crippen LogP contribution in [0.2, 0.25) is 0 Å². The topological polar surface area (TPSA) is 0 Å². The molecule has 0 nitrogen and oxygen atoms in total. The first-order valence-corrected chi connectivity index (χ1v) is 24.3. The summed E-state index contributed by atoms with van der Waals surface area (Å²) < 4.78 is 0. The van der Waals surface area contributed by atoms with Gasteiger partial charge in [0.1, 0.15) is 0 Å². The first-order chi connectivity index (χ1) is 25.2. The molecule has 0 atom stereocenters. The van der Waals surface area contributed by atoms with Crippen molar-refractivity contribution in [1.82, 2.24) is 0 Å². The van der Waals surface area contributed by atoms with Crippen molar-refractivity contribution in [3.05, 3.63) is 33.9 Å². The van der Waals surface area contributed by atoms with Crippen LogP contribution in [0.25, 0.3) is 0 Å². The molecule has 0 saturated carbocycles. The van der Waals surface area contributed by atoms with Crippen molar-refractivity contribution in [2.24, 2.45) is 0 Å². The smallest absolute Gasteiger partial charge is 0.0108 e. The molecule has 0 unspecified atom stereocenters. The van der Waals surface area contributed by atoms with Crippen LogP contribution in [-0.2, 0) is 32.1 Å². The Bertz CT molecular complexity index is 790. The maximum absolute atomic E-state index is 4.31. The molecule has 299 valence electrons. The van der Waals surface area contributed by atoms with Crippen LogP contribution in [0, 0.1) is 6.07 Å². The SMILES string of the molecule is CCCCCCCCCc1[c]c(CCCCCCCCC)c(CCCCCCCCC)c(CCCCCCCCC)c1CCCCCCCCC. The minimum atomic E-state index is 1.28. The summed E-state index contributed by atoms with van der Waals surface area (Å²) >= 11 is 0. The molecule has 0 aliphatic rings. The number of rotatable bonds is 40. The Kier molecular flexibility index (Phi) is 35.5. The average molecular weight is 708 g/mol. The van der Waals surface area contributed by atoms with Crippen LogP contribution in [0.4, 0.5) is 0 Å². The van der Waals surface area contributed by atoms with Crippen molar-refractivity contribution >= 4 is 0 Å². The van der Waals surface area contributed by atoms with Crippen LogP contribution < -0.4 is 0 Å². The summed E-state index contributed by atoms with van der Waals surface area (Å²) in [6.45, 7) is 11.7. The highest BCUT2D eigenvalue weighted by atomic mass is 14.2. The molecule has 0 spiro atoms. The summed E-state index contributed by atoms with van der Waals surface area (Å²) in [4.78, 5) is 0. The molecule has 0 N–H and O–H groups in total. The first-order valence-electron chi connectivity index (χ1n) is 24.3. The molecule has 0 saturated heterocycles. The number of hydrogen-bond acceptors (Lipinski definition) is 0. The van der Waals surface area contributed by atoms with Crippen LogP contribution in [0.3, 0.4) is 0 Å². The minimum absolute atomic E-state index is 1.28. The number of unbranched alkanes of at least 4 members (excludes halogenated alkanes) is 30. The van der Waals surface area contributed by atoms with Gasteiger partial charge in [0.25, 0.3) is 0 Å². The van der Waals surface area contributed by atoms with Gasteiger partial charge in [-0.15, -0.1) is 0 Å². The highest BCUT2D eigenvalue weighted by Gasteiger charge is 2.18. The summed E-state index contributed by atoms with van der Waals surface area (Å²) in [7, 11) is 0. The summed E-state index contributed by atoms with van der Waals surface area (Å²) in [6, 6.07) is 4.31. The number of benzene rings is 1. The zero-order chi connectivity index (χ0) is 36.9. The lowest BCUT2D eigenvalue weighted by Crippen LogP contribution is -2.11. The second kappa shape index (κ2) is 37.5. The van der Waals surface area contributed by atoms with Crippen molar-refractivity contribution in [2.75, 3.05) is 0 Å². The van der Waals surface area contributed by atoms with E-state index >= 15 is 0 Å². The normalized spacial score (nSPS) is 11.6. The van der Waals surface area contributed by atoms with Crippen LogP contribution in [0.15, 0.2) is 0 Å². The second-order valence-electron chi connectivity index (χ2n) is 16.9. The molecule has 1 rings (SSSR count). The van der Waals surface area contributed by atoms with Gasteiger partial charge >= 0.3 is 0 Å². The highest BCUT2D eigenvalue weighted by Crippen LogP contribution is 2.32. The molecule has 0 heteroatoms. The fraction of sp³-hybridized carbons (Fsp3) is 0.882. The Labute approximate surface area is 324 Å². The quantitative estimate of drug-likeness (QED) is 0.0596. The van der Waals surface area contributed by atoms with Gasteiger partial charge in [0.05, 0.1) is 0 Å². The molecular weight excluding hydrogens is 613 g/mol. The fourth-order valence-electron chi connectivity index (χ4n) is 8.51. The van der Waals surface area contributed by atoms with Gasteiger partial charge in [-0.2, -0.15) is 0 Å². The van der Waals surface area contributed by atoms with E-state index in [9.17, 15) is 0 Å². The minimum Gasteiger partial charge on any atom is -0.0654 e. The van der Waals surface area contributed by atoms with E-state index < -0.39 is 0 Å². The van der Waals surface area contributed by atoms with Gasteiger partial charge in [-0.05, 0) is 98.1 Å². The molecule has 51 heavy (non-hydrogen) atoms. The molecule has 1 radical (unpaired) electrons. The predicted octanol–water partition coefficient (Wildman–Crippen LogP) is 18.0. The second-order valence-corrected chi connectivity index (χ2v) is 16.9. The van der Waals surface area contributed by atoms with E-state index in [0.29, 0.717) is 0 Å². The van der Waals surface area contributed by atoms with Gasteiger partial charge in [0.2, 0.25) is 0 Å². The Morgan fingerprint density at radius 2 is 0.412 bits per heavy atom. The Morgan fingerprint density at radius 3 is 0.667 bits per heavy atom. The average Bonchev–Trinajstić information content (AvgIpc) is 3.14. The van der Waals surface area contributed by atoms with Gasteiger partial charge < -0.3 is 0 Å². The van der Waals surface area contributed by atoms with Gasteiger partial charge in [-0.1, -0.05) is 227 Å². The van der Waals surface area contributed by atoms with E-state index in [0.717, 1.165) is 0 Å². The first kappa shape index (κ1) is 48.2. The molecule has 1 aromatic rings. The van der Waals surface area contributed by atoms with E-state index in [1.54, 1.807) is 11.1 Å². The molecule has 0 aliphatic carbocycles. The zero-order valence-electron chi connectivity index (χ0n) is 36.3. The lowest BCUT2D eigenvalue weighted by atomic mass is 9.81. The van der Waals surface area contributed by atoms with E-state index in [1.165, 1.54) is 257 Å². The highest BCUT2D eigenvalue weighted by molar-refractivity contribution is 5.46. The van der Waals surface area contributed by atoms with Crippen LogP contribution in [0.1, 0.15) is 287 Å². The molecule has 1 aromatic carbocycles. The van der Waals surface area contributed by atoms with Crippen LogP contribution >= 0.6 is 0 Å². The molecule has 0 amide bonds. The van der Waals surface area contributed by atoms with Gasteiger partial charge in [-0.3, -0.25) is 0 Å². The summed E-state index contributed by atoms with van der Waals surface area (Å²) in [5.41, 5.74) is 8.82. The standard InChI is InChI=1S/C51H95/c1-6-11-16-21-26-31-36-41-47-46-48(42-37-32-27-22-17-12-7-2)50(44-39-34-29-24-19-14-9-4)51(45-40-35-30-25-20-15-10-5)49(47)43-38-33-28-23-18-13-8-3/h6-45H2,1-5H3. The van der Waals surface area contributed by atoms with Gasteiger partial charge in [0, 0.05) is 0 Å². The Balaban J connectivity index is 3.29. The Morgan fingerprint density at radius 1 is 0.216 bits per heavy atom. The van der Waals surface area contributed by atoms with Crippen molar-refractivity contribution in [3.8, 4) is 0 Å². The number of aryl methyl sites for hydroxylation is 2. The van der Waals surface area contributed by atoms with E-state index in [1.807, 2.05) is 16.7 Å². The van der Waals surface area contributed by atoms with Crippen molar-refractivity contribution in [3.63, 3.8) is 0 Å². The fourth-order valence-corrected chi connectivity index (χ4v) is 8.51. The number of hydrogen-bond donors (Lipinski definition) is 0. The molecule has 0 heterocycles. The lowest BCUT2D eigenvalue weighted by Gasteiger charge is -2.23. The molecular formula is C51H95. The van der Waals surface area contributed by atoms with Crippen molar-refractivity contribution in [1.29, 1.82) is 0 Å². The predicted molar refractivity (Wildman–Crippen MR) is 234 cm³/mol. The van der Waals surface area contributed by atoms with Crippen molar-refractivity contribution in [2.45, 2.75) is 291 Å². The summed E-state index contributed by atoms with van der Waals surface area (Å²) in [5.74, 6) is 0. The van der Waals surface area contributed by atoms with E-state index in [4.69, 9.17) is 0 Å². The monoisotopic (exact) mass is 708 g/mol. The third-order valence-electron chi connectivity index (χ3n) is 11.9. The van der Waals surface area contributed by atoms with Crippen LogP contribution in [0.5, 0.6) is 0 Å². The lowest BCUT2D eigenvalue weighted by molar-refractivity contribution is 0.571. The van der Waals surface area contributed by atoms with Gasteiger partial charge in [-0.25, -0.2) is 0 Å². The summed E-state index contributed by atoms with van der Waals surface area (Å²) in [6.07, 6.45) is 56.0. The molecule has 0 bridgehead atoms. The summed E-state index contributed by atoms with van der Waals surface area (Å²) in [5, 5.41) is 0. The van der Waals surface area contributed by atoms with Crippen LogP contribution in [-0.4, -0.2) is 0 Å². The molecule has 0 aromatic heterocycles. The zero-order valence-corrected chi connectivity index (χ0v) is 36.3. The maximum atomic E-state index is 4.31. The van der Waals surface area contributed by atoms with E-state index in [2.05, 4.69) is 40.7 Å². The molecule has 0 aliphatic heterocycles. The van der Waals surface area contributed by atoms with Crippen molar-refractivity contribution < 1.29 is 0 Å². The molecule has 0 fully saturated rings. The van der Waals surface area contributed by atoms with Gasteiger partial charge in [0.15, 0.2) is 0 Å². The maximum Gasteiger partial charge on any atom is -0.0108 e. The Hall–Kier alpha value is -0.780. The third kappa shape index (κ3) is 26.6. The third-order valence-corrected chi connectivity index (χ3v) is 11.9.